The van der Waals surface area contributed by atoms with Crippen LogP contribution in [0.2, 0.25) is 0 Å². The van der Waals surface area contributed by atoms with Gasteiger partial charge in [-0.1, -0.05) is 36.8 Å². The van der Waals surface area contributed by atoms with E-state index in [1.807, 2.05) is 25.5 Å². The Kier molecular flexibility index (Phi) is 5.88. The molecule has 0 bridgehead atoms. The quantitative estimate of drug-likeness (QED) is 0.417. The predicted octanol–water partition coefficient (Wildman–Crippen LogP) is 3.82. The van der Waals surface area contributed by atoms with Gasteiger partial charge in [0, 0.05) is 10.7 Å². The molecule has 0 spiro atoms. The molecule has 0 aromatic heterocycles. The SMILES string of the molecule is C=CC=C=C=C(C=C)C(C)(C)P(C#N)C#N. The first-order valence-corrected chi connectivity index (χ1v) is 5.94. The number of hydrogen-bond acceptors (Lipinski definition) is 2. The molecular formula is C13H13N2P. The van der Waals surface area contributed by atoms with Crippen molar-refractivity contribution in [1.82, 2.24) is 0 Å². The summed E-state index contributed by atoms with van der Waals surface area (Å²) in [6.07, 6.45) is 4.80. The molecule has 0 saturated heterocycles. The van der Waals surface area contributed by atoms with E-state index >= 15 is 0 Å². The lowest BCUT2D eigenvalue weighted by molar-refractivity contribution is 0.850. The van der Waals surface area contributed by atoms with Gasteiger partial charge < -0.3 is 0 Å². The van der Waals surface area contributed by atoms with Gasteiger partial charge in [0.1, 0.15) is 19.5 Å². The van der Waals surface area contributed by atoms with Gasteiger partial charge in [-0.25, -0.2) is 0 Å². The van der Waals surface area contributed by atoms with Crippen LogP contribution in [0.3, 0.4) is 0 Å². The highest BCUT2D eigenvalue weighted by atomic mass is 31.1. The van der Waals surface area contributed by atoms with Crippen LogP contribution in [0.5, 0.6) is 0 Å². The number of nitrogens with zero attached hydrogens (tertiary/aromatic N) is 2. The van der Waals surface area contributed by atoms with Crippen molar-refractivity contribution >= 4 is 7.92 Å². The first-order chi connectivity index (χ1) is 7.54. The third-order valence-corrected chi connectivity index (χ3v) is 3.79. The number of rotatable bonds is 4. The average Bonchev–Trinajstić information content (AvgIpc) is 2.25. The summed E-state index contributed by atoms with van der Waals surface area (Å²) in [5, 5.41) is 17.3. The molecule has 0 rings (SSSR count). The van der Waals surface area contributed by atoms with Gasteiger partial charge in [0.05, 0.1) is 0 Å². The molecule has 0 saturated carbocycles. The van der Waals surface area contributed by atoms with E-state index in [-0.39, 0.29) is 0 Å². The standard InChI is InChI=1S/C13H13N2P/c1-5-7-8-9-12(6-2)13(3,4)16(10-14)11-15/h5-7H,1-2H2,3-4H3. The summed E-state index contributed by atoms with van der Waals surface area (Å²) in [6.45, 7) is 10.9. The zero-order valence-corrected chi connectivity index (χ0v) is 10.4. The molecule has 0 aliphatic heterocycles. The van der Waals surface area contributed by atoms with Crippen molar-refractivity contribution in [3.05, 3.63) is 48.4 Å². The van der Waals surface area contributed by atoms with Crippen molar-refractivity contribution in [2.75, 3.05) is 0 Å². The highest BCUT2D eigenvalue weighted by Crippen LogP contribution is 2.51. The molecule has 80 valence electrons. The van der Waals surface area contributed by atoms with Crippen LogP contribution in [0.1, 0.15) is 13.8 Å². The van der Waals surface area contributed by atoms with E-state index in [1.54, 1.807) is 18.2 Å². The third kappa shape index (κ3) is 3.40. The van der Waals surface area contributed by atoms with Crippen molar-refractivity contribution < 1.29 is 0 Å². The molecule has 0 heterocycles. The Morgan fingerprint density at radius 2 is 1.81 bits per heavy atom. The lowest BCUT2D eigenvalue weighted by Gasteiger charge is -2.24. The summed E-state index contributed by atoms with van der Waals surface area (Å²) in [6, 6.07) is 0. The largest absolute Gasteiger partial charge is 0.192 e. The second-order valence-corrected chi connectivity index (χ2v) is 5.57. The molecule has 0 amide bonds. The Hall–Kier alpha value is -1.81. The third-order valence-electron chi connectivity index (χ3n) is 2.03. The first kappa shape index (κ1) is 14.2. The van der Waals surface area contributed by atoms with Gasteiger partial charge in [0.2, 0.25) is 0 Å². The van der Waals surface area contributed by atoms with E-state index in [0.29, 0.717) is 5.57 Å². The summed E-state index contributed by atoms with van der Waals surface area (Å²) in [7, 11) is -1.40. The predicted molar refractivity (Wildman–Crippen MR) is 67.7 cm³/mol. The number of nitriles is 2. The highest BCUT2D eigenvalue weighted by molar-refractivity contribution is 7.69. The highest BCUT2D eigenvalue weighted by Gasteiger charge is 2.32. The minimum atomic E-state index is -1.40. The summed E-state index contributed by atoms with van der Waals surface area (Å²) < 4.78 is 0. The maximum absolute atomic E-state index is 8.91. The van der Waals surface area contributed by atoms with Crippen LogP contribution >= 0.6 is 7.92 Å². The van der Waals surface area contributed by atoms with Gasteiger partial charge in [-0.05, 0) is 19.9 Å². The summed E-state index contributed by atoms with van der Waals surface area (Å²) in [4.78, 5) is 0. The summed E-state index contributed by atoms with van der Waals surface area (Å²) in [5.74, 6) is 4.07. The van der Waals surface area contributed by atoms with Crippen molar-refractivity contribution in [3.63, 3.8) is 0 Å². The molecule has 0 N–H and O–H groups in total. The Balaban J connectivity index is 5.62. The van der Waals surface area contributed by atoms with Crippen molar-refractivity contribution in [2.24, 2.45) is 0 Å². The fraction of sp³-hybridized carbons (Fsp3) is 0.231. The molecule has 16 heavy (non-hydrogen) atoms. The van der Waals surface area contributed by atoms with Crippen LogP contribution in [0, 0.1) is 22.1 Å². The van der Waals surface area contributed by atoms with E-state index < -0.39 is 13.1 Å². The van der Waals surface area contributed by atoms with Gasteiger partial charge in [-0.15, -0.1) is 0 Å². The summed E-state index contributed by atoms with van der Waals surface area (Å²) >= 11 is 0. The zero-order chi connectivity index (χ0) is 12.6. The van der Waals surface area contributed by atoms with Crippen LogP contribution in [-0.4, -0.2) is 5.16 Å². The van der Waals surface area contributed by atoms with E-state index in [2.05, 4.69) is 24.6 Å². The van der Waals surface area contributed by atoms with Gasteiger partial charge in [0.15, 0.2) is 0 Å². The molecule has 0 aliphatic carbocycles. The maximum Gasteiger partial charge on any atom is 0.121 e. The van der Waals surface area contributed by atoms with Crippen LogP contribution < -0.4 is 0 Å². The Bertz CT molecular complexity index is 445. The molecule has 0 radical (unpaired) electrons. The minimum Gasteiger partial charge on any atom is -0.192 e. The van der Waals surface area contributed by atoms with Gasteiger partial charge in [0.25, 0.3) is 0 Å². The molecule has 0 fully saturated rings. The molecular weight excluding hydrogens is 215 g/mol. The smallest absolute Gasteiger partial charge is 0.121 e. The Morgan fingerprint density at radius 3 is 2.19 bits per heavy atom. The van der Waals surface area contributed by atoms with Crippen molar-refractivity contribution in [3.8, 4) is 11.6 Å². The van der Waals surface area contributed by atoms with Crippen LogP contribution in [0.4, 0.5) is 0 Å². The second-order valence-electron chi connectivity index (χ2n) is 3.38. The van der Waals surface area contributed by atoms with Crippen molar-refractivity contribution in [1.29, 1.82) is 10.5 Å². The maximum atomic E-state index is 8.91. The van der Waals surface area contributed by atoms with E-state index in [1.165, 1.54) is 0 Å². The molecule has 0 unspecified atom stereocenters. The molecule has 0 aromatic carbocycles. The normalized spacial score (nSPS) is 9.06. The lowest BCUT2D eigenvalue weighted by Crippen LogP contribution is -2.17. The van der Waals surface area contributed by atoms with Crippen LogP contribution in [0.15, 0.2) is 48.4 Å². The van der Waals surface area contributed by atoms with E-state index in [4.69, 9.17) is 10.5 Å². The average molecular weight is 228 g/mol. The fourth-order valence-electron chi connectivity index (χ4n) is 1.02. The van der Waals surface area contributed by atoms with Gasteiger partial charge in [-0.2, -0.15) is 10.5 Å². The Labute approximate surface area is 98.0 Å². The fourth-order valence-corrected chi connectivity index (χ4v) is 1.96. The first-order valence-electron chi connectivity index (χ1n) is 4.60. The zero-order valence-electron chi connectivity index (χ0n) is 9.49. The lowest BCUT2D eigenvalue weighted by atomic mass is 10.0. The molecule has 0 atom stereocenters. The molecule has 2 nitrogen and oxygen atoms in total. The van der Waals surface area contributed by atoms with Crippen LogP contribution in [-0.2, 0) is 0 Å². The van der Waals surface area contributed by atoms with E-state index in [9.17, 15) is 0 Å². The van der Waals surface area contributed by atoms with Crippen molar-refractivity contribution in [2.45, 2.75) is 19.0 Å². The second kappa shape index (κ2) is 6.63. The van der Waals surface area contributed by atoms with Crippen LogP contribution in [0.25, 0.3) is 0 Å². The topological polar surface area (TPSA) is 47.6 Å². The molecule has 0 aromatic rings. The number of hydrogen-bond donors (Lipinski definition) is 0. The Morgan fingerprint density at radius 1 is 1.25 bits per heavy atom. The monoisotopic (exact) mass is 228 g/mol. The molecule has 0 aliphatic rings. The summed E-state index contributed by atoms with van der Waals surface area (Å²) in [5.41, 5.74) is 6.39. The van der Waals surface area contributed by atoms with Gasteiger partial charge >= 0.3 is 0 Å². The van der Waals surface area contributed by atoms with Gasteiger partial charge in [-0.3, -0.25) is 0 Å². The number of allylic oxidation sites excluding steroid dienone is 4. The van der Waals surface area contributed by atoms with E-state index in [0.717, 1.165) is 0 Å². The molecule has 3 heteroatoms. The minimum absolute atomic E-state index is 0.553.